The Kier molecular flexibility index (Phi) is 6.18. The third-order valence-electron chi connectivity index (χ3n) is 5.51. The molecule has 0 unspecified atom stereocenters. The van der Waals surface area contributed by atoms with Crippen molar-refractivity contribution in [2.75, 3.05) is 31.8 Å². The number of rotatable bonds is 7. The predicted octanol–water partition coefficient (Wildman–Crippen LogP) is 3.34. The maximum atomic E-state index is 5.98. The number of anilines is 3. The predicted molar refractivity (Wildman–Crippen MR) is 121 cm³/mol. The van der Waals surface area contributed by atoms with Crippen LogP contribution in [0.5, 0.6) is 11.5 Å². The van der Waals surface area contributed by atoms with E-state index in [0.717, 1.165) is 43.1 Å². The first-order valence-electron chi connectivity index (χ1n) is 10.4. The molecule has 2 heterocycles. The van der Waals surface area contributed by atoms with E-state index in [1.165, 1.54) is 16.7 Å². The minimum atomic E-state index is 0.213. The van der Waals surface area contributed by atoms with E-state index in [1.54, 1.807) is 14.2 Å². The average Bonchev–Trinajstić information content (AvgIpc) is 2.78. The normalized spacial score (nSPS) is 13.5. The molecule has 0 radical (unpaired) electrons. The molecule has 0 saturated carbocycles. The second-order valence-electron chi connectivity index (χ2n) is 7.51. The molecule has 2 aromatic carbocycles. The zero-order chi connectivity index (χ0) is 21.8. The van der Waals surface area contributed by atoms with Gasteiger partial charge in [0.15, 0.2) is 11.5 Å². The lowest BCUT2D eigenvalue weighted by Gasteiger charge is -2.29. The fraction of sp³-hybridized carbons (Fsp3) is 0.348. The highest BCUT2D eigenvalue weighted by Crippen LogP contribution is 2.33. The lowest BCUT2D eigenvalue weighted by atomic mass is 9.99. The van der Waals surface area contributed by atoms with Crippen molar-refractivity contribution >= 4 is 17.6 Å². The molecule has 1 aromatic heterocycles. The fourth-order valence-electron chi connectivity index (χ4n) is 3.91. The summed E-state index contributed by atoms with van der Waals surface area (Å²) in [4.78, 5) is 15.5. The van der Waals surface area contributed by atoms with Gasteiger partial charge in [0, 0.05) is 18.8 Å². The summed E-state index contributed by atoms with van der Waals surface area (Å²) >= 11 is 0. The molecule has 0 saturated heterocycles. The lowest BCUT2D eigenvalue weighted by molar-refractivity contribution is 0.238. The van der Waals surface area contributed by atoms with Crippen molar-refractivity contribution < 1.29 is 9.47 Å². The van der Waals surface area contributed by atoms with Crippen LogP contribution in [-0.2, 0) is 25.9 Å². The number of nitrogens with two attached hydrogens (primary N) is 1. The van der Waals surface area contributed by atoms with E-state index in [-0.39, 0.29) is 5.95 Å². The van der Waals surface area contributed by atoms with Gasteiger partial charge in [-0.1, -0.05) is 25.1 Å². The van der Waals surface area contributed by atoms with Crippen molar-refractivity contribution in [1.29, 1.82) is 0 Å². The van der Waals surface area contributed by atoms with Gasteiger partial charge in [-0.3, -0.25) is 4.90 Å². The molecule has 0 aliphatic carbocycles. The molecule has 0 atom stereocenters. The Morgan fingerprint density at radius 3 is 2.52 bits per heavy atom. The molecule has 3 aromatic rings. The number of fused-ring (bicyclic) bond motifs is 1. The SMILES string of the molecule is CCc1ccccc1Nc1nc(N)nc(CN2CCc3cc(OC)c(OC)cc3C2)n1. The first-order valence-corrected chi connectivity index (χ1v) is 10.4. The van der Waals surface area contributed by atoms with Crippen molar-refractivity contribution in [2.45, 2.75) is 32.9 Å². The van der Waals surface area contributed by atoms with Gasteiger partial charge in [-0.05, 0) is 47.7 Å². The summed E-state index contributed by atoms with van der Waals surface area (Å²) in [5.74, 6) is 2.84. The highest BCUT2D eigenvalue weighted by molar-refractivity contribution is 5.58. The minimum Gasteiger partial charge on any atom is -0.493 e. The van der Waals surface area contributed by atoms with Crippen LogP contribution in [0.2, 0.25) is 0 Å². The molecule has 0 bridgehead atoms. The summed E-state index contributed by atoms with van der Waals surface area (Å²) in [5, 5.41) is 3.29. The van der Waals surface area contributed by atoms with Crippen LogP contribution in [0, 0.1) is 0 Å². The standard InChI is InChI=1S/C23H28N6O2/c1-4-15-7-5-6-8-18(15)25-23-27-21(26-22(24)28-23)14-29-10-9-16-11-19(30-2)20(31-3)12-17(16)13-29/h5-8,11-12H,4,9-10,13-14H2,1-3H3,(H3,24,25,26,27,28). The second-order valence-corrected chi connectivity index (χ2v) is 7.51. The fourth-order valence-corrected chi connectivity index (χ4v) is 3.91. The molecule has 0 amide bonds. The van der Waals surface area contributed by atoms with Crippen LogP contribution in [-0.4, -0.2) is 40.6 Å². The average molecular weight is 421 g/mol. The third kappa shape index (κ3) is 4.69. The van der Waals surface area contributed by atoms with Gasteiger partial charge in [-0.15, -0.1) is 0 Å². The Balaban J connectivity index is 1.51. The molecule has 4 rings (SSSR count). The Morgan fingerprint density at radius 2 is 1.77 bits per heavy atom. The van der Waals surface area contributed by atoms with Gasteiger partial charge in [0.05, 0.1) is 20.8 Å². The lowest BCUT2D eigenvalue weighted by Crippen LogP contribution is -2.31. The number of hydrogen-bond donors (Lipinski definition) is 2. The first-order chi connectivity index (χ1) is 15.1. The van der Waals surface area contributed by atoms with E-state index >= 15 is 0 Å². The number of nitrogens with one attached hydrogen (secondary N) is 1. The van der Waals surface area contributed by atoms with Crippen LogP contribution in [0.4, 0.5) is 17.6 Å². The largest absolute Gasteiger partial charge is 0.493 e. The summed E-state index contributed by atoms with van der Waals surface area (Å²) in [6.45, 7) is 4.38. The van der Waals surface area contributed by atoms with Gasteiger partial charge in [0.25, 0.3) is 0 Å². The van der Waals surface area contributed by atoms with Crippen molar-refractivity contribution in [3.63, 3.8) is 0 Å². The number of nitrogen functional groups attached to an aromatic ring is 1. The Morgan fingerprint density at radius 1 is 1.03 bits per heavy atom. The quantitative estimate of drug-likeness (QED) is 0.601. The Labute approximate surface area is 182 Å². The maximum absolute atomic E-state index is 5.98. The maximum Gasteiger partial charge on any atom is 0.232 e. The van der Waals surface area contributed by atoms with Crippen LogP contribution in [0.15, 0.2) is 36.4 Å². The smallest absolute Gasteiger partial charge is 0.232 e. The molecule has 3 N–H and O–H groups in total. The molecular formula is C23H28N6O2. The highest BCUT2D eigenvalue weighted by atomic mass is 16.5. The van der Waals surface area contributed by atoms with Crippen LogP contribution in [0.3, 0.4) is 0 Å². The van der Waals surface area contributed by atoms with Gasteiger partial charge in [-0.25, -0.2) is 0 Å². The molecule has 0 spiro atoms. The first kappa shape index (κ1) is 20.9. The van der Waals surface area contributed by atoms with Crippen LogP contribution < -0.4 is 20.5 Å². The molecule has 1 aliphatic heterocycles. The number of benzene rings is 2. The van der Waals surface area contributed by atoms with Crippen LogP contribution >= 0.6 is 0 Å². The molecule has 31 heavy (non-hydrogen) atoms. The molecule has 162 valence electrons. The zero-order valence-electron chi connectivity index (χ0n) is 18.2. The van der Waals surface area contributed by atoms with Crippen molar-refractivity contribution in [1.82, 2.24) is 19.9 Å². The summed E-state index contributed by atoms with van der Waals surface area (Å²) in [5.41, 5.74) is 10.7. The molecular weight excluding hydrogens is 392 g/mol. The van der Waals surface area contributed by atoms with E-state index in [1.807, 2.05) is 18.2 Å². The van der Waals surface area contributed by atoms with E-state index in [2.05, 4.69) is 50.3 Å². The summed E-state index contributed by atoms with van der Waals surface area (Å²) in [7, 11) is 3.32. The van der Waals surface area contributed by atoms with Crippen LogP contribution in [0.25, 0.3) is 0 Å². The minimum absolute atomic E-state index is 0.213. The van der Waals surface area contributed by atoms with Gasteiger partial charge in [0.2, 0.25) is 11.9 Å². The van der Waals surface area contributed by atoms with E-state index in [4.69, 9.17) is 15.2 Å². The molecule has 8 nitrogen and oxygen atoms in total. The van der Waals surface area contributed by atoms with Crippen molar-refractivity contribution in [3.8, 4) is 11.5 Å². The van der Waals surface area contributed by atoms with Crippen molar-refractivity contribution in [3.05, 3.63) is 58.9 Å². The number of hydrogen-bond acceptors (Lipinski definition) is 8. The highest BCUT2D eigenvalue weighted by Gasteiger charge is 2.21. The summed E-state index contributed by atoms with van der Waals surface area (Å²) in [6, 6.07) is 12.2. The Bertz CT molecular complexity index is 1070. The van der Waals surface area contributed by atoms with E-state index < -0.39 is 0 Å². The monoisotopic (exact) mass is 420 g/mol. The van der Waals surface area contributed by atoms with Gasteiger partial charge in [0.1, 0.15) is 5.82 Å². The summed E-state index contributed by atoms with van der Waals surface area (Å²) in [6.07, 6.45) is 1.84. The van der Waals surface area contributed by atoms with Gasteiger partial charge in [-0.2, -0.15) is 15.0 Å². The molecule has 1 aliphatic rings. The number of aromatic nitrogens is 3. The number of para-hydroxylation sites is 1. The second kappa shape index (κ2) is 9.18. The van der Waals surface area contributed by atoms with Crippen LogP contribution in [0.1, 0.15) is 29.4 Å². The molecule has 0 fully saturated rings. The van der Waals surface area contributed by atoms with E-state index in [0.29, 0.717) is 18.3 Å². The van der Waals surface area contributed by atoms with Crippen molar-refractivity contribution in [2.24, 2.45) is 0 Å². The number of methoxy groups -OCH3 is 2. The summed E-state index contributed by atoms with van der Waals surface area (Å²) < 4.78 is 10.9. The van der Waals surface area contributed by atoms with Gasteiger partial charge < -0.3 is 20.5 Å². The zero-order valence-corrected chi connectivity index (χ0v) is 18.2. The van der Waals surface area contributed by atoms with Gasteiger partial charge >= 0.3 is 0 Å². The molecule has 8 heteroatoms. The third-order valence-corrected chi connectivity index (χ3v) is 5.51. The van der Waals surface area contributed by atoms with E-state index in [9.17, 15) is 0 Å². The number of ether oxygens (including phenoxy) is 2. The topological polar surface area (TPSA) is 98.4 Å². The Hall–Kier alpha value is -3.39. The number of aryl methyl sites for hydroxylation is 1. The number of nitrogens with zero attached hydrogens (tertiary/aromatic N) is 4.